The lowest BCUT2D eigenvalue weighted by molar-refractivity contribution is -0.137. The first-order chi connectivity index (χ1) is 15.4. The molecule has 8 heteroatoms. The molecule has 0 aliphatic rings. The molecule has 1 aromatic heterocycles. The van der Waals surface area contributed by atoms with Gasteiger partial charge in [-0.1, -0.05) is 0 Å². The van der Waals surface area contributed by atoms with Gasteiger partial charge in [0.2, 0.25) is 0 Å². The van der Waals surface area contributed by atoms with E-state index in [0.29, 0.717) is 34.1 Å². The highest BCUT2D eigenvalue weighted by atomic mass is 16.5. The van der Waals surface area contributed by atoms with Crippen LogP contribution in [0.25, 0.3) is 17.3 Å². The van der Waals surface area contributed by atoms with Gasteiger partial charge in [0, 0.05) is 22.9 Å². The van der Waals surface area contributed by atoms with Crippen molar-refractivity contribution in [3.63, 3.8) is 0 Å². The van der Waals surface area contributed by atoms with E-state index in [2.05, 4.69) is 5.10 Å². The third-order valence-electron chi connectivity index (χ3n) is 4.79. The van der Waals surface area contributed by atoms with Gasteiger partial charge in [0.15, 0.2) is 17.3 Å². The van der Waals surface area contributed by atoms with E-state index in [1.807, 2.05) is 6.07 Å². The summed E-state index contributed by atoms with van der Waals surface area (Å²) < 4.78 is 17.3. The molecule has 0 amide bonds. The van der Waals surface area contributed by atoms with Gasteiger partial charge in [-0.15, -0.1) is 0 Å². The maximum absolute atomic E-state index is 12.6. The number of benzene rings is 2. The van der Waals surface area contributed by atoms with Gasteiger partial charge < -0.3 is 19.3 Å². The fourth-order valence-electron chi connectivity index (χ4n) is 3.11. The molecule has 0 unspecified atom stereocenters. The van der Waals surface area contributed by atoms with Gasteiger partial charge in [-0.05, 0) is 54.6 Å². The van der Waals surface area contributed by atoms with Crippen molar-refractivity contribution in [1.29, 1.82) is 0 Å². The van der Waals surface area contributed by atoms with Crippen molar-refractivity contribution < 1.29 is 28.9 Å². The summed E-state index contributed by atoms with van der Waals surface area (Å²) in [5, 5.41) is 13.5. The second-order valence-electron chi connectivity index (χ2n) is 6.84. The van der Waals surface area contributed by atoms with Gasteiger partial charge >= 0.3 is 5.97 Å². The zero-order valence-electron chi connectivity index (χ0n) is 18.1. The van der Waals surface area contributed by atoms with Crippen LogP contribution in [0.4, 0.5) is 0 Å². The van der Waals surface area contributed by atoms with Crippen LogP contribution in [0.1, 0.15) is 22.3 Å². The Morgan fingerprint density at radius 2 is 1.72 bits per heavy atom. The lowest BCUT2D eigenvalue weighted by atomic mass is 10.1. The van der Waals surface area contributed by atoms with E-state index in [-0.39, 0.29) is 18.7 Å². The third-order valence-corrected chi connectivity index (χ3v) is 4.79. The fourth-order valence-corrected chi connectivity index (χ4v) is 3.11. The quantitative estimate of drug-likeness (QED) is 0.379. The minimum Gasteiger partial charge on any atom is -0.497 e. The molecule has 0 atom stereocenters. The van der Waals surface area contributed by atoms with Crippen LogP contribution >= 0.6 is 0 Å². The normalized spacial score (nSPS) is 10.8. The largest absolute Gasteiger partial charge is 0.497 e. The first-order valence-corrected chi connectivity index (χ1v) is 9.83. The minimum atomic E-state index is -0.917. The SMILES string of the molecule is COc1ccc(C(=O)C=Cc2cn(CCC(=O)O)nc2-c2ccc(OC)c(OC)c2)cc1. The highest BCUT2D eigenvalue weighted by Crippen LogP contribution is 2.33. The molecule has 1 N–H and O–H groups in total. The summed E-state index contributed by atoms with van der Waals surface area (Å²) >= 11 is 0. The van der Waals surface area contributed by atoms with Crippen LogP contribution in [-0.4, -0.2) is 48.0 Å². The monoisotopic (exact) mass is 436 g/mol. The minimum absolute atomic E-state index is 0.0685. The zero-order chi connectivity index (χ0) is 23.1. The van der Waals surface area contributed by atoms with Crippen LogP contribution in [0.2, 0.25) is 0 Å². The summed E-state index contributed by atoms with van der Waals surface area (Å²) in [4.78, 5) is 23.6. The first kappa shape index (κ1) is 22.6. The Kier molecular flexibility index (Phi) is 7.28. The number of ketones is 1. The van der Waals surface area contributed by atoms with E-state index in [0.717, 1.165) is 5.56 Å². The number of allylic oxidation sites excluding steroid dienone is 1. The summed E-state index contributed by atoms with van der Waals surface area (Å²) in [5.74, 6) is 0.688. The number of carboxylic acid groups (broad SMARTS) is 1. The summed E-state index contributed by atoms with van der Waals surface area (Å²) in [7, 11) is 4.66. The summed E-state index contributed by atoms with van der Waals surface area (Å²) in [6.45, 7) is 0.204. The number of carbonyl (C=O) groups is 2. The molecule has 3 rings (SSSR count). The van der Waals surface area contributed by atoms with Crippen molar-refractivity contribution in [2.45, 2.75) is 13.0 Å². The van der Waals surface area contributed by atoms with Gasteiger partial charge in [-0.3, -0.25) is 14.3 Å². The van der Waals surface area contributed by atoms with Gasteiger partial charge in [0.05, 0.1) is 40.0 Å². The van der Waals surface area contributed by atoms with Crippen LogP contribution < -0.4 is 14.2 Å². The molecular weight excluding hydrogens is 412 g/mol. The highest BCUT2D eigenvalue weighted by Gasteiger charge is 2.14. The number of hydrogen-bond donors (Lipinski definition) is 1. The summed E-state index contributed by atoms with van der Waals surface area (Å²) in [5.41, 5.74) is 2.53. The maximum atomic E-state index is 12.6. The molecule has 0 aliphatic carbocycles. The molecule has 0 fully saturated rings. The van der Waals surface area contributed by atoms with Crippen LogP contribution in [0.3, 0.4) is 0 Å². The molecule has 8 nitrogen and oxygen atoms in total. The van der Waals surface area contributed by atoms with E-state index in [4.69, 9.17) is 19.3 Å². The number of nitrogens with zero attached hydrogens (tertiary/aromatic N) is 2. The smallest absolute Gasteiger partial charge is 0.305 e. The van der Waals surface area contributed by atoms with E-state index < -0.39 is 5.97 Å². The average Bonchev–Trinajstić information content (AvgIpc) is 3.23. The number of hydrogen-bond acceptors (Lipinski definition) is 6. The Bertz CT molecular complexity index is 1130. The van der Waals surface area contributed by atoms with Crippen molar-refractivity contribution in [3.05, 3.63) is 65.9 Å². The molecule has 0 aliphatic heterocycles. The molecule has 32 heavy (non-hydrogen) atoms. The second-order valence-corrected chi connectivity index (χ2v) is 6.84. The standard InChI is InChI=1S/C24H24N2O6/c1-30-19-8-4-16(5-9-19)20(27)10-6-18-15-26(13-12-23(28)29)25-24(18)17-7-11-21(31-2)22(14-17)32-3/h4-11,14-15H,12-13H2,1-3H3,(H,28,29). The van der Waals surface area contributed by atoms with Crippen LogP contribution in [-0.2, 0) is 11.3 Å². The molecule has 0 saturated carbocycles. The Labute approximate surface area is 185 Å². The van der Waals surface area contributed by atoms with Gasteiger partial charge in [-0.25, -0.2) is 0 Å². The molecule has 166 valence electrons. The third kappa shape index (κ3) is 5.34. The molecule has 0 saturated heterocycles. The Morgan fingerprint density at radius 1 is 1.00 bits per heavy atom. The molecule has 2 aromatic carbocycles. The molecule has 3 aromatic rings. The van der Waals surface area contributed by atoms with Crippen molar-refractivity contribution in [1.82, 2.24) is 9.78 Å². The van der Waals surface area contributed by atoms with Crippen LogP contribution in [0, 0.1) is 0 Å². The van der Waals surface area contributed by atoms with E-state index in [1.54, 1.807) is 74.7 Å². The van der Waals surface area contributed by atoms with Gasteiger partial charge in [0.1, 0.15) is 5.75 Å². The number of ether oxygens (including phenoxy) is 3. The average molecular weight is 436 g/mol. The molecular formula is C24H24N2O6. The van der Waals surface area contributed by atoms with Crippen LogP contribution in [0.5, 0.6) is 17.2 Å². The number of methoxy groups -OCH3 is 3. The number of carboxylic acids is 1. The molecule has 0 bridgehead atoms. The van der Waals surface area contributed by atoms with E-state index in [1.165, 1.54) is 6.08 Å². The lowest BCUT2D eigenvalue weighted by Crippen LogP contribution is -2.04. The number of rotatable bonds is 10. The Hall–Kier alpha value is -4.07. The summed E-state index contributed by atoms with van der Waals surface area (Å²) in [6.07, 6.45) is 4.78. The topological polar surface area (TPSA) is 99.9 Å². The number of aliphatic carboxylic acids is 1. The Morgan fingerprint density at radius 3 is 2.34 bits per heavy atom. The number of carbonyl (C=O) groups excluding carboxylic acids is 1. The number of aromatic nitrogens is 2. The predicted octanol–water partition coefficient (Wildman–Crippen LogP) is 3.95. The lowest BCUT2D eigenvalue weighted by Gasteiger charge is -2.09. The molecule has 0 radical (unpaired) electrons. The first-order valence-electron chi connectivity index (χ1n) is 9.83. The van der Waals surface area contributed by atoms with Gasteiger partial charge in [-0.2, -0.15) is 5.10 Å². The van der Waals surface area contributed by atoms with Crippen molar-refractivity contribution in [2.24, 2.45) is 0 Å². The number of aryl methyl sites for hydroxylation is 1. The van der Waals surface area contributed by atoms with Crippen molar-refractivity contribution in [3.8, 4) is 28.5 Å². The van der Waals surface area contributed by atoms with E-state index >= 15 is 0 Å². The van der Waals surface area contributed by atoms with E-state index in [9.17, 15) is 9.59 Å². The maximum Gasteiger partial charge on any atom is 0.305 e. The van der Waals surface area contributed by atoms with Crippen LogP contribution in [0.15, 0.2) is 54.7 Å². The predicted molar refractivity (Wildman–Crippen MR) is 119 cm³/mol. The van der Waals surface area contributed by atoms with Crippen molar-refractivity contribution >= 4 is 17.8 Å². The van der Waals surface area contributed by atoms with Gasteiger partial charge in [0.25, 0.3) is 0 Å². The molecule has 1 heterocycles. The summed E-state index contributed by atoms with van der Waals surface area (Å²) in [6, 6.07) is 12.2. The molecule has 0 spiro atoms. The zero-order valence-corrected chi connectivity index (χ0v) is 18.1. The fraction of sp³-hybridized carbons (Fsp3) is 0.208. The highest BCUT2D eigenvalue weighted by molar-refractivity contribution is 6.07. The van der Waals surface area contributed by atoms with Crippen molar-refractivity contribution in [2.75, 3.05) is 21.3 Å². The Balaban J connectivity index is 1.95. The second kappa shape index (κ2) is 10.3.